The number of fused-ring (bicyclic) bond motifs is 1. The van der Waals surface area contributed by atoms with Gasteiger partial charge in [-0.2, -0.15) is 0 Å². The monoisotopic (exact) mass is 515 g/mol. The SMILES string of the molecule is C#Cc1ccccc1C(C(=O)Nc1ccc2ccccc2c1)N(CCO)C(=O)C(C)NC(=O)OC(C)(C)C. The van der Waals surface area contributed by atoms with Crippen molar-refractivity contribution in [1.29, 1.82) is 0 Å². The summed E-state index contributed by atoms with van der Waals surface area (Å²) in [7, 11) is 0. The predicted molar refractivity (Wildman–Crippen MR) is 147 cm³/mol. The summed E-state index contributed by atoms with van der Waals surface area (Å²) < 4.78 is 5.27. The number of carbonyl (C=O) groups excluding carboxylic acids is 3. The van der Waals surface area contributed by atoms with Gasteiger partial charge in [-0.15, -0.1) is 6.42 Å². The van der Waals surface area contributed by atoms with E-state index in [0.717, 1.165) is 10.8 Å². The highest BCUT2D eigenvalue weighted by Gasteiger charge is 2.35. The summed E-state index contributed by atoms with van der Waals surface area (Å²) >= 11 is 0. The molecular formula is C30H33N3O5. The zero-order valence-electron chi connectivity index (χ0n) is 22.0. The third-order valence-corrected chi connectivity index (χ3v) is 5.72. The van der Waals surface area contributed by atoms with Gasteiger partial charge >= 0.3 is 6.09 Å². The second-order valence-electron chi connectivity index (χ2n) is 9.81. The number of rotatable bonds is 8. The second kappa shape index (κ2) is 12.3. The Hall–Kier alpha value is -4.35. The summed E-state index contributed by atoms with van der Waals surface area (Å²) in [6.07, 6.45) is 4.96. The molecule has 0 saturated heterocycles. The molecule has 0 heterocycles. The molecule has 0 bridgehead atoms. The highest BCUT2D eigenvalue weighted by molar-refractivity contribution is 6.00. The number of benzene rings is 3. The first-order chi connectivity index (χ1) is 18.0. The molecule has 0 aliphatic carbocycles. The highest BCUT2D eigenvalue weighted by atomic mass is 16.6. The van der Waals surface area contributed by atoms with Gasteiger partial charge in [0.2, 0.25) is 5.91 Å². The maximum atomic E-state index is 13.8. The van der Waals surface area contributed by atoms with Crippen LogP contribution in [0.25, 0.3) is 10.8 Å². The van der Waals surface area contributed by atoms with E-state index in [1.165, 1.54) is 11.8 Å². The fourth-order valence-electron chi connectivity index (χ4n) is 4.06. The van der Waals surface area contributed by atoms with E-state index >= 15 is 0 Å². The van der Waals surface area contributed by atoms with Gasteiger partial charge in [0.05, 0.1) is 6.61 Å². The Kier molecular flexibility index (Phi) is 9.11. The van der Waals surface area contributed by atoms with E-state index in [2.05, 4.69) is 16.6 Å². The smallest absolute Gasteiger partial charge is 0.408 e. The molecule has 3 N–H and O–H groups in total. The lowest BCUT2D eigenvalue weighted by molar-refractivity contribution is -0.141. The molecule has 0 aromatic heterocycles. The van der Waals surface area contributed by atoms with Crippen molar-refractivity contribution in [2.24, 2.45) is 0 Å². The molecule has 2 unspecified atom stereocenters. The molecule has 0 spiro atoms. The van der Waals surface area contributed by atoms with Gasteiger partial charge in [0, 0.05) is 17.8 Å². The van der Waals surface area contributed by atoms with Gasteiger partial charge in [0.25, 0.3) is 5.91 Å². The van der Waals surface area contributed by atoms with Gasteiger partial charge in [-0.25, -0.2) is 4.79 Å². The number of hydrogen-bond donors (Lipinski definition) is 3. The summed E-state index contributed by atoms with van der Waals surface area (Å²) in [6, 6.07) is 17.8. The van der Waals surface area contributed by atoms with Crippen LogP contribution in [-0.4, -0.2) is 52.7 Å². The molecule has 38 heavy (non-hydrogen) atoms. The average Bonchev–Trinajstić information content (AvgIpc) is 2.87. The summed E-state index contributed by atoms with van der Waals surface area (Å²) in [5, 5.41) is 17.2. The Morgan fingerprint density at radius 3 is 2.34 bits per heavy atom. The van der Waals surface area contributed by atoms with Crippen LogP contribution in [0.3, 0.4) is 0 Å². The number of ether oxygens (including phenoxy) is 1. The third kappa shape index (κ3) is 7.11. The maximum absolute atomic E-state index is 13.8. The van der Waals surface area contributed by atoms with Crippen LogP contribution < -0.4 is 10.6 Å². The van der Waals surface area contributed by atoms with Crippen LogP contribution in [0, 0.1) is 12.3 Å². The van der Waals surface area contributed by atoms with Crippen molar-refractivity contribution in [3.63, 3.8) is 0 Å². The quantitative estimate of drug-likeness (QED) is 0.389. The van der Waals surface area contributed by atoms with Crippen molar-refractivity contribution < 1.29 is 24.2 Å². The van der Waals surface area contributed by atoms with Crippen LogP contribution in [-0.2, 0) is 14.3 Å². The minimum atomic E-state index is -1.18. The Balaban J connectivity index is 1.98. The summed E-state index contributed by atoms with van der Waals surface area (Å²) in [6.45, 7) is 6.03. The lowest BCUT2D eigenvalue weighted by Crippen LogP contribution is -2.52. The van der Waals surface area contributed by atoms with Crippen LogP contribution >= 0.6 is 0 Å². The first-order valence-electron chi connectivity index (χ1n) is 12.3. The molecule has 0 aliphatic rings. The van der Waals surface area contributed by atoms with E-state index in [-0.39, 0.29) is 6.54 Å². The molecule has 8 heteroatoms. The zero-order valence-corrected chi connectivity index (χ0v) is 22.0. The number of alkyl carbamates (subject to hydrolysis) is 1. The van der Waals surface area contributed by atoms with Crippen molar-refractivity contribution in [1.82, 2.24) is 10.2 Å². The van der Waals surface area contributed by atoms with Gasteiger partial charge in [0.15, 0.2) is 0 Å². The second-order valence-corrected chi connectivity index (χ2v) is 9.81. The van der Waals surface area contributed by atoms with E-state index in [0.29, 0.717) is 16.8 Å². The molecule has 3 aromatic rings. The zero-order chi connectivity index (χ0) is 27.9. The predicted octanol–water partition coefficient (Wildman–Crippen LogP) is 4.24. The number of nitrogens with zero attached hydrogens (tertiary/aromatic N) is 1. The minimum absolute atomic E-state index is 0.173. The number of amides is 3. The maximum Gasteiger partial charge on any atom is 0.408 e. The number of aliphatic hydroxyl groups is 1. The molecule has 3 amide bonds. The minimum Gasteiger partial charge on any atom is -0.444 e. The molecule has 3 rings (SSSR count). The summed E-state index contributed by atoms with van der Waals surface area (Å²) in [5.41, 5.74) is 0.619. The van der Waals surface area contributed by atoms with E-state index in [1.807, 2.05) is 36.4 Å². The number of anilines is 1. The summed E-state index contributed by atoms with van der Waals surface area (Å²) in [5.74, 6) is 1.47. The van der Waals surface area contributed by atoms with Crippen LogP contribution in [0.1, 0.15) is 44.9 Å². The van der Waals surface area contributed by atoms with Crippen LogP contribution in [0.2, 0.25) is 0 Å². The lowest BCUT2D eigenvalue weighted by atomic mass is 9.97. The molecule has 0 aliphatic heterocycles. The van der Waals surface area contributed by atoms with Gasteiger partial charge in [-0.1, -0.05) is 54.5 Å². The first-order valence-corrected chi connectivity index (χ1v) is 12.3. The summed E-state index contributed by atoms with van der Waals surface area (Å²) in [4.78, 5) is 40.9. The Morgan fingerprint density at radius 1 is 1.03 bits per heavy atom. The third-order valence-electron chi connectivity index (χ3n) is 5.72. The van der Waals surface area contributed by atoms with Gasteiger partial charge in [-0.05, 0) is 62.2 Å². The molecule has 0 fully saturated rings. The lowest BCUT2D eigenvalue weighted by Gasteiger charge is -2.33. The average molecular weight is 516 g/mol. The number of aliphatic hydroxyl groups excluding tert-OH is 1. The number of nitrogens with one attached hydrogen (secondary N) is 2. The highest BCUT2D eigenvalue weighted by Crippen LogP contribution is 2.28. The van der Waals surface area contributed by atoms with Crippen molar-refractivity contribution in [3.05, 3.63) is 77.9 Å². The molecule has 0 saturated carbocycles. The van der Waals surface area contributed by atoms with Crippen molar-refractivity contribution >= 4 is 34.4 Å². The van der Waals surface area contributed by atoms with Gasteiger partial charge in [-0.3, -0.25) is 9.59 Å². The van der Waals surface area contributed by atoms with E-state index < -0.39 is 42.2 Å². The topological polar surface area (TPSA) is 108 Å². The largest absolute Gasteiger partial charge is 0.444 e. The Bertz CT molecular complexity index is 1360. The fourth-order valence-corrected chi connectivity index (χ4v) is 4.06. The Morgan fingerprint density at radius 2 is 1.68 bits per heavy atom. The van der Waals surface area contributed by atoms with Crippen LogP contribution in [0.5, 0.6) is 0 Å². The van der Waals surface area contributed by atoms with Crippen molar-refractivity contribution in [2.75, 3.05) is 18.5 Å². The van der Waals surface area contributed by atoms with Crippen molar-refractivity contribution in [3.8, 4) is 12.3 Å². The van der Waals surface area contributed by atoms with E-state index in [4.69, 9.17) is 11.2 Å². The van der Waals surface area contributed by atoms with E-state index in [9.17, 15) is 19.5 Å². The molecule has 8 nitrogen and oxygen atoms in total. The van der Waals surface area contributed by atoms with Crippen molar-refractivity contribution in [2.45, 2.75) is 45.4 Å². The molecule has 0 radical (unpaired) electrons. The number of hydrogen-bond acceptors (Lipinski definition) is 5. The molecular weight excluding hydrogens is 482 g/mol. The first kappa shape index (κ1) is 28.2. The normalized spacial score (nSPS) is 12.6. The molecule has 2 atom stereocenters. The molecule has 198 valence electrons. The number of terminal acetylenes is 1. The fraction of sp³-hybridized carbons (Fsp3) is 0.300. The number of carbonyl (C=O) groups is 3. The van der Waals surface area contributed by atoms with Crippen LogP contribution in [0.15, 0.2) is 66.7 Å². The Labute approximate surface area is 223 Å². The van der Waals surface area contributed by atoms with Gasteiger partial charge < -0.3 is 25.4 Å². The molecule has 3 aromatic carbocycles. The standard InChI is InChI=1S/C30H33N3O5/c1-6-21-11-9-10-14-25(21)26(27(35)32-24-16-15-22-12-7-8-13-23(22)19-24)33(17-18-34)28(36)20(2)31-29(37)38-30(3,4)5/h1,7-16,19-20,26,34H,17-18H2,2-5H3,(H,31,37)(H,32,35). The van der Waals surface area contributed by atoms with E-state index in [1.54, 1.807) is 51.1 Å². The van der Waals surface area contributed by atoms with Gasteiger partial charge in [0.1, 0.15) is 17.7 Å². The van der Waals surface area contributed by atoms with Crippen LogP contribution in [0.4, 0.5) is 10.5 Å².